The van der Waals surface area contributed by atoms with Gasteiger partial charge in [-0.25, -0.2) is 8.42 Å². The van der Waals surface area contributed by atoms with Crippen LogP contribution in [0, 0.1) is 5.92 Å². The lowest BCUT2D eigenvalue weighted by Crippen LogP contribution is -2.33. The molecule has 104 valence electrons. The average molecular weight is 274 g/mol. The van der Waals surface area contributed by atoms with Gasteiger partial charge in [0.1, 0.15) is 0 Å². The maximum absolute atomic E-state index is 11.2. The Bertz CT molecular complexity index is 417. The van der Waals surface area contributed by atoms with Gasteiger partial charge in [-0.2, -0.15) is 0 Å². The second-order valence-corrected chi connectivity index (χ2v) is 6.90. The number of amides is 1. The van der Waals surface area contributed by atoms with E-state index in [1.807, 2.05) is 6.92 Å². The van der Waals surface area contributed by atoms with Gasteiger partial charge in [-0.1, -0.05) is 6.08 Å². The number of primary amides is 1. The van der Waals surface area contributed by atoms with E-state index in [4.69, 9.17) is 5.73 Å². The summed E-state index contributed by atoms with van der Waals surface area (Å²) in [5.74, 6) is -0.266. The number of nitrogens with two attached hydrogens (primary N) is 1. The molecular weight excluding hydrogens is 252 g/mol. The standard InChI is InChI=1S/C12H22N2O3S/c1-10(6-9-18(2,16)17)14-7-3-4-11(5-8-14)12(13)15/h6,9-11H,3-5,7-8H2,1-2H3,(H2,13,15)/b9-6+/t10-,11?/m1/s1. The van der Waals surface area contributed by atoms with Crippen LogP contribution < -0.4 is 5.73 Å². The zero-order chi connectivity index (χ0) is 13.8. The summed E-state index contributed by atoms with van der Waals surface area (Å²) in [6, 6.07) is 0.0614. The zero-order valence-electron chi connectivity index (χ0n) is 11.0. The molecule has 5 nitrogen and oxygen atoms in total. The summed E-state index contributed by atoms with van der Waals surface area (Å²) in [6.07, 6.45) is 5.38. The molecule has 0 aromatic heterocycles. The third-order valence-corrected chi connectivity index (χ3v) is 4.00. The minimum atomic E-state index is -3.07. The Kier molecular flexibility index (Phi) is 5.34. The van der Waals surface area contributed by atoms with Crippen LogP contribution in [0.3, 0.4) is 0 Å². The highest BCUT2D eigenvalue weighted by Gasteiger charge is 2.22. The molecule has 0 aromatic carbocycles. The Morgan fingerprint density at radius 3 is 2.61 bits per heavy atom. The molecule has 0 spiro atoms. The van der Waals surface area contributed by atoms with Gasteiger partial charge in [0.05, 0.1) is 0 Å². The van der Waals surface area contributed by atoms with Crippen molar-refractivity contribution >= 4 is 15.7 Å². The van der Waals surface area contributed by atoms with Crippen LogP contribution in [0.25, 0.3) is 0 Å². The molecule has 0 radical (unpaired) electrons. The number of likely N-dealkylation sites (tertiary alicyclic amines) is 1. The number of hydrogen-bond donors (Lipinski definition) is 1. The van der Waals surface area contributed by atoms with Crippen LogP contribution in [-0.2, 0) is 14.6 Å². The predicted octanol–water partition coefficient (Wildman–Crippen LogP) is 0.521. The summed E-state index contributed by atoms with van der Waals surface area (Å²) in [4.78, 5) is 13.3. The van der Waals surface area contributed by atoms with E-state index in [9.17, 15) is 13.2 Å². The highest BCUT2D eigenvalue weighted by atomic mass is 32.2. The number of nitrogens with zero attached hydrogens (tertiary/aromatic N) is 1. The minimum Gasteiger partial charge on any atom is -0.369 e. The van der Waals surface area contributed by atoms with Crippen LogP contribution in [0.15, 0.2) is 11.5 Å². The fourth-order valence-electron chi connectivity index (χ4n) is 2.19. The monoisotopic (exact) mass is 274 g/mol. The largest absolute Gasteiger partial charge is 0.369 e. The number of hydrogen-bond acceptors (Lipinski definition) is 4. The first-order valence-corrected chi connectivity index (χ1v) is 8.16. The van der Waals surface area contributed by atoms with Crippen LogP contribution in [0.5, 0.6) is 0 Å². The Morgan fingerprint density at radius 2 is 2.06 bits per heavy atom. The molecule has 2 atom stereocenters. The van der Waals surface area contributed by atoms with E-state index in [1.165, 1.54) is 11.7 Å². The summed E-state index contributed by atoms with van der Waals surface area (Å²) in [5, 5.41) is 1.24. The van der Waals surface area contributed by atoms with Gasteiger partial charge in [0, 0.05) is 23.6 Å². The Morgan fingerprint density at radius 1 is 1.39 bits per heavy atom. The van der Waals surface area contributed by atoms with Gasteiger partial charge in [0.15, 0.2) is 9.84 Å². The molecule has 0 aromatic rings. The van der Waals surface area contributed by atoms with E-state index in [1.54, 1.807) is 6.08 Å². The first-order valence-electron chi connectivity index (χ1n) is 6.21. The molecule has 1 saturated heterocycles. The maximum atomic E-state index is 11.2. The first-order chi connectivity index (χ1) is 8.29. The average Bonchev–Trinajstić information content (AvgIpc) is 2.50. The van der Waals surface area contributed by atoms with Crippen molar-refractivity contribution in [1.29, 1.82) is 0 Å². The van der Waals surface area contributed by atoms with E-state index < -0.39 is 9.84 Å². The molecule has 0 saturated carbocycles. The van der Waals surface area contributed by atoms with E-state index in [0.717, 1.165) is 32.4 Å². The van der Waals surface area contributed by atoms with Crippen LogP contribution in [0.1, 0.15) is 26.2 Å². The fourth-order valence-corrected chi connectivity index (χ4v) is 2.70. The highest BCUT2D eigenvalue weighted by molar-refractivity contribution is 7.93. The van der Waals surface area contributed by atoms with Gasteiger partial charge in [-0.15, -0.1) is 0 Å². The quantitative estimate of drug-likeness (QED) is 0.810. The predicted molar refractivity (Wildman–Crippen MR) is 71.6 cm³/mol. The van der Waals surface area contributed by atoms with Gasteiger partial charge < -0.3 is 5.73 Å². The smallest absolute Gasteiger partial charge is 0.220 e. The van der Waals surface area contributed by atoms with Crippen molar-refractivity contribution in [3.63, 3.8) is 0 Å². The van der Waals surface area contributed by atoms with Crippen molar-refractivity contribution in [3.05, 3.63) is 11.5 Å². The SMILES string of the molecule is C[C@H](/C=C/S(C)(=O)=O)N1CCCC(C(N)=O)CC1. The van der Waals surface area contributed by atoms with Gasteiger partial charge >= 0.3 is 0 Å². The fraction of sp³-hybridized carbons (Fsp3) is 0.750. The molecule has 1 amide bonds. The summed E-state index contributed by atoms with van der Waals surface area (Å²) < 4.78 is 22.1. The van der Waals surface area contributed by atoms with Crippen LogP contribution in [0.2, 0.25) is 0 Å². The highest BCUT2D eigenvalue weighted by Crippen LogP contribution is 2.19. The number of sulfone groups is 1. The second kappa shape index (κ2) is 6.33. The molecule has 1 unspecified atom stereocenters. The molecule has 2 N–H and O–H groups in total. The van der Waals surface area contributed by atoms with Gasteiger partial charge in [0.25, 0.3) is 0 Å². The summed E-state index contributed by atoms with van der Waals surface area (Å²) >= 11 is 0. The molecule has 1 aliphatic rings. The zero-order valence-corrected chi connectivity index (χ0v) is 11.8. The maximum Gasteiger partial charge on any atom is 0.220 e. The normalized spacial score (nSPS) is 24.9. The third-order valence-electron chi connectivity index (χ3n) is 3.35. The number of carbonyl (C=O) groups excluding carboxylic acids is 1. The molecule has 0 bridgehead atoms. The van der Waals surface area contributed by atoms with Gasteiger partial charge in [-0.05, 0) is 39.3 Å². The van der Waals surface area contributed by atoms with Crippen molar-refractivity contribution in [1.82, 2.24) is 4.90 Å². The number of carbonyl (C=O) groups is 1. The molecule has 1 aliphatic heterocycles. The molecule has 1 rings (SSSR count). The molecule has 6 heteroatoms. The van der Waals surface area contributed by atoms with Crippen molar-refractivity contribution < 1.29 is 13.2 Å². The van der Waals surface area contributed by atoms with E-state index >= 15 is 0 Å². The molecule has 18 heavy (non-hydrogen) atoms. The van der Waals surface area contributed by atoms with E-state index in [0.29, 0.717) is 0 Å². The van der Waals surface area contributed by atoms with E-state index in [-0.39, 0.29) is 17.9 Å². The Labute approximate surface area is 109 Å². The van der Waals surface area contributed by atoms with Gasteiger partial charge in [-0.3, -0.25) is 9.69 Å². The van der Waals surface area contributed by atoms with Gasteiger partial charge in [0.2, 0.25) is 5.91 Å². The first kappa shape index (κ1) is 15.2. The third kappa shape index (κ3) is 5.18. The van der Waals surface area contributed by atoms with Crippen LogP contribution >= 0.6 is 0 Å². The van der Waals surface area contributed by atoms with Crippen LogP contribution in [-0.4, -0.2) is 44.6 Å². The van der Waals surface area contributed by atoms with Crippen molar-refractivity contribution in [2.24, 2.45) is 11.7 Å². The minimum absolute atomic E-state index is 0.0407. The topological polar surface area (TPSA) is 80.5 Å². The second-order valence-electron chi connectivity index (χ2n) is 4.96. The summed E-state index contributed by atoms with van der Waals surface area (Å²) in [7, 11) is -3.07. The lowest BCUT2D eigenvalue weighted by molar-refractivity contribution is -0.122. The molecule has 0 aliphatic carbocycles. The van der Waals surface area contributed by atoms with Crippen molar-refractivity contribution in [2.45, 2.75) is 32.2 Å². The Balaban J connectivity index is 2.57. The molecular formula is C12H22N2O3S. The molecule has 1 heterocycles. The van der Waals surface area contributed by atoms with Crippen molar-refractivity contribution in [2.75, 3.05) is 19.3 Å². The lowest BCUT2D eigenvalue weighted by Gasteiger charge is -2.25. The number of rotatable bonds is 4. The van der Waals surface area contributed by atoms with Crippen molar-refractivity contribution in [3.8, 4) is 0 Å². The summed E-state index contributed by atoms with van der Waals surface area (Å²) in [6.45, 7) is 3.62. The van der Waals surface area contributed by atoms with Crippen LogP contribution in [0.4, 0.5) is 0 Å². The summed E-state index contributed by atoms with van der Waals surface area (Å²) in [5.41, 5.74) is 5.32. The van der Waals surface area contributed by atoms with E-state index in [2.05, 4.69) is 4.90 Å². The lowest BCUT2D eigenvalue weighted by atomic mass is 10.0. The Hall–Kier alpha value is -0.880. The molecule has 1 fully saturated rings.